The lowest BCUT2D eigenvalue weighted by Gasteiger charge is -2.27. The van der Waals surface area contributed by atoms with Gasteiger partial charge in [-0.3, -0.25) is 24.0 Å². The summed E-state index contributed by atoms with van der Waals surface area (Å²) >= 11 is 0. The van der Waals surface area contributed by atoms with Crippen LogP contribution in [0.2, 0.25) is 0 Å². The van der Waals surface area contributed by atoms with Gasteiger partial charge >= 0.3 is 11.9 Å². The van der Waals surface area contributed by atoms with Crippen molar-refractivity contribution in [3.05, 3.63) is 0 Å². The van der Waals surface area contributed by atoms with Gasteiger partial charge < -0.3 is 36.2 Å². The standard InChI is InChI=1S/C38H70N4O9/c1-10-27(8)16-14-12-11-13-15-17-28(43)23-33(44)39-29(18-19-34(45)51-9)35(46)40-30(20-24(2)3)36(47)41-31(21-25(4)5)37(48)42-32(38(49)50)22-26(6)7/h24-32,43H,10-23H2,1-9H3,(H,39,44)(H,40,46)(H,41,47)(H,42,48)(H,49,50)/t27?,28-,29+,30+,31+,32+/m1/s1. The molecule has 6 atom stereocenters. The van der Waals surface area contributed by atoms with Gasteiger partial charge in [0.1, 0.15) is 24.2 Å². The van der Waals surface area contributed by atoms with Gasteiger partial charge in [0.05, 0.1) is 19.6 Å². The number of carbonyl (C=O) groups excluding carboxylic acids is 5. The highest BCUT2D eigenvalue weighted by atomic mass is 16.5. The van der Waals surface area contributed by atoms with E-state index in [-0.39, 0.29) is 56.3 Å². The second kappa shape index (κ2) is 26.5. The van der Waals surface area contributed by atoms with Crippen molar-refractivity contribution in [1.82, 2.24) is 21.3 Å². The van der Waals surface area contributed by atoms with E-state index >= 15 is 0 Å². The maximum Gasteiger partial charge on any atom is 0.326 e. The number of carboxylic acid groups (broad SMARTS) is 1. The first kappa shape index (κ1) is 47.8. The van der Waals surface area contributed by atoms with Crippen LogP contribution >= 0.6 is 0 Å². The number of hydrogen-bond acceptors (Lipinski definition) is 8. The summed E-state index contributed by atoms with van der Waals surface area (Å²) in [5.41, 5.74) is 0. The van der Waals surface area contributed by atoms with Crippen molar-refractivity contribution in [2.75, 3.05) is 7.11 Å². The predicted octanol–water partition coefficient (Wildman–Crippen LogP) is 4.63. The summed E-state index contributed by atoms with van der Waals surface area (Å²) in [4.78, 5) is 77.1. The van der Waals surface area contributed by atoms with Crippen LogP contribution in [-0.4, -0.2) is 83.2 Å². The molecule has 6 N–H and O–H groups in total. The highest BCUT2D eigenvalue weighted by Crippen LogP contribution is 2.16. The van der Waals surface area contributed by atoms with Gasteiger partial charge in [0.2, 0.25) is 23.6 Å². The van der Waals surface area contributed by atoms with Crippen LogP contribution in [0, 0.1) is 23.7 Å². The summed E-state index contributed by atoms with van der Waals surface area (Å²) in [6.07, 6.45) is 7.25. The van der Waals surface area contributed by atoms with E-state index in [1.54, 1.807) is 0 Å². The highest BCUT2D eigenvalue weighted by Gasteiger charge is 2.32. The molecule has 0 aliphatic carbocycles. The molecule has 0 aromatic rings. The summed E-state index contributed by atoms with van der Waals surface area (Å²) in [7, 11) is 1.21. The van der Waals surface area contributed by atoms with Crippen LogP contribution in [0.4, 0.5) is 0 Å². The van der Waals surface area contributed by atoms with Gasteiger partial charge in [0.25, 0.3) is 0 Å². The van der Waals surface area contributed by atoms with Gasteiger partial charge in [0.15, 0.2) is 0 Å². The molecular weight excluding hydrogens is 656 g/mol. The number of esters is 1. The monoisotopic (exact) mass is 727 g/mol. The molecule has 0 aliphatic rings. The Morgan fingerprint density at radius 3 is 1.47 bits per heavy atom. The normalized spacial score (nSPS) is 15.0. The Morgan fingerprint density at radius 2 is 1.02 bits per heavy atom. The van der Waals surface area contributed by atoms with Crippen molar-refractivity contribution in [1.29, 1.82) is 0 Å². The van der Waals surface area contributed by atoms with E-state index in [1.165, 1.54) is 26.4 Å². The van der Waals surface area contributed by atoms with Crippen LogP contribution in [0.15, 0.2) is 0 Å². The number of carbonyl (C=O) groups is 6. The van der Waals surface area contributed by atoms with Gasteiger partial charge in [0, 0.05) is 6.42 Å². The number of ether oxygens (including phenoxy) is 1. The fraction of sp³-hybridized carbons (Fsp3) is 0.842. The molecule has 0 bridgehead atoms. The first-order valence-corrected chi connectivity index (χ1v) is 19.1. The Balaban J connectivity index is 5.62. The molecular formula is C38H70N4O9. The topological polar surface area (TPSA) is 200 Å². The average Bonchev–Trinajstić information content (AvgIpc) is 3.03. The number of methoxy groups -OCH3 is 1. The van der Waals surface area contributed by atoms with Gasteiger partial charge in [-0.15, -0.1) is 0 Å². The smallest absolute Gasteiger partial charge is 0.326 e. The Morgan fingerprint density at radius 1 is 0.588 bits per heavy atom. The Bertz CT molecular complexity index is 1070. The molecule has 1 unspecified atom stereocenters. The summed E-state index contributed by atoms with van der Waals surface area (Å²) in [5, 5.41) is 30.7. The SMILES string of the molecule is CCC(C)CCCCCCC[C@@H](O)CC(=O)N[C@@H](CCC(=O)OC)C(=O)N[C@@H](CC(C)C)C(=O)N[C@@H](CC(C)C)C(=O)N[C@@H](CC(C)C)C(=O)O. The minimum Gasteiger partial charge on any atom is -0.480 e. The summed E-state index contributed by atoms with van der Waals surface area (Å²) in [6.45, 7) is 15.6. The molecule has 51 heavy (non-hydrogen) atoms. The predicted molar refractivity (Wildman–Crippen MR) is 197 cm³/mol. The van der Waals surface area contributed by atoms with Crippen molar-refractivity contribution in [2.45, 2.75) is 176 Å². The van der Waals surface area contributed by atoms with E-state index in [0.29, 0.717) is 6.42 Å². The lowest BCUT2D eigenvalue weighted by Crippen LogP contribution is -2.58. The molecule has 0 saturated heterocycles. The molecule has 0 rings (SSSR count). The zero-order valence-corrected chi connectivity index (χ0v) is 32.8. The summed E-state index contributed by atoms with van der Waals surface area (Å²) in [5.74, 6) is -3.64. The maximum absolute atomic E-state index is 13.6. The number of aliphatic hydroxyl groups excluding tert-OH is 1. The molecule has 0 heterocycles. The molecule has 0 spiro atoms. The molecule has 0 fully saturated rings. The number of rotatable bonds is 28. The fourth-order valence-corrected chi connectivity index (χ4v) is 5.73. The van der Waals surface area contributed by atoms with E-state index in [1.807, 2.05) is 41.5 Å². The Kier molecular flexibility index (Phi) is 24.9. The van der Waals surface area contributed by atoms with Gasteiger partial charge in [-0.1, -0.05) is 100 Å². The zero-order valence-electron chi connectivity index (χ0n) is 32.8. The molecule has 13 nitrogen and oxygen atoms in total. The molecule has 4 amide bonds. The van der Waals surface area contributed by atoms with Crippen LogP contribution in [0.25, 0.3) is 0 Å². The maximum atomic E-state index is 13.6. The van der Waals surface area contributed by atoms with Crippen LogP contribution in [0.5, 0.6) is 0 Å². The number of amides is 4. The minimum atomic E-state index is -1.20. The van der Waals surface area contributed by atoms with E-state index in [9.17, 15) is 39.0 Å². The summed E-state index contributed by atoms with van der Waals surface area (Å²) < 4.78 is 4.72. The Labute approximate surface area is 306 Å². The van der Waals surface area contributed by atoms with E-state index in [4.69, 9.17) is 4.74 Å². The number of aliphatic hydroxyl groups is 1. The van der Waals surface area contributed by atoms with Crippen molar-refractivity contribution in [3.63, 3.8) is 0 Å². The molecule has 0 aromatic heterocycles. The average molecular weight is 727 g/mol. The van der Waals surface area contributed by atoms with Gasteiger partial charge in [-0.05, 0) is 55.8 Å². The third-order valence-electron chi connectivity index (χ3n) is 8.87. The van der Waals surface area contributed by atoms with Crippen LogP contribution in [0.1, 0.15) is 145 Å². The van der Waals surface area contributed by atoms with E-state index < -0.39 is 65.8 Å². The summed E-state index contributed by atoms with van der Waals surface area (Å²) in [6, 6.07) is -4.48. The van der Waals surface area contributed by atoms with Crippen LogP contribution in [-0.2, 0) is 33.5 Å². The second-order valence-corrected chi connectivity index (χ2v) is 15.4. The largest absolute Gasteiger partial charge is 0.480 e. The third kappa shape index (κ3) is 23.1. The van der Waals surface area contributed by atoms with E-state index in [0.717, 1.165) is 31.6 Å². The number of nitrogens with one attached hydrogen (secondary N) is 4. The lowest BCUT2D eigenvalue weighted by molar-refractivity contribution is -0.143. The highest BCUT2D eigenvalue weighted by molar-refractivity contribution is 5.95. The number of aliphatic carboxylic acids is 1. The number of hydrogen-bond donors (Lipinski definition) is 6. The molecule has 13 heteroatoms. The van der Waals surface area contributed by atoms with Crippen molar-refractivity contribution in [2.24, 2.45) is 23.7 Å². The second-order valence-electron chi connectivity index (χ2n) is 15.4. The molecule has 0 aliphatic heterocycles. The molecule has 0 aromatic carbocycles. The molecule has 0 radical (unpaired) electrons. The quantitative estimate of drug-likeness (QED) is 0.0491. The Hall–Kier alpha value is -3.22. The van der Waals surface area contributed by atoms with Crippen LogP contribution in [0.3, 0.4) is 0 Å². The number of unbranched alkanes of at least 4 members (excludes halogenated alkanes) is 4. The first-order valence-electron chi connectivity index (χ1n) is 19.1. The minimum absolute atomic E-state index is 0.00474. The zero-order chi connectivity index (χ0) is 39.1. The van der Waals surface area contributed by atoms with Crippen LogP contribution < -0.4 is 21.3 Å². The van der Waals surface area contributed by atoms with E-state index in [2.05, 4.69) is 35.1 Å². The van der Waals surface area contributed by atoms with Gasteiger partial charge in [-0.2, -0.15) is 0 Å². The van der Waals surface area contributed by atoms with Gasteiger partial charge in [-0.25, -0.2) is 4.79 Å². The van der Waals surface area contributed by atoms with Crippen molar-refractivity contribution < 1.29 is 43.7 Å². The van der Waals surface area contributed by atoms with Crippen molar-refractivity contribution in [3.8, 4) is 0 Å². The lowest BCUT2D eigenvalue weighted by atomic mass is 9.98. The molecule has 296 valence electrons. The van der Waals surface area contributed by atoms with Crippen molar-refractivity contribution >= 4 is 35.6 Å². The molecule has 0 saturated carbocycles. The fourth-order valence-electron chi connectivity index (χ4n) is 5.73. The number of carboxylic acids is 1. The first-order chi connectivity index (χ1) is 23.9. The third-order valence-corrected chi connectivity index (χ3v) is 8.87.